The third-order valence-electron chi connectivity index (χ3n) is 4.74. The first-order chi connectivity index (χ1) is 8.73. The van der Waals surface area contributed by atoms with Crippen LogP contribution in [0.2, 0.25) is 0 Å². The van der Waals surface area contributed by atoms with Crippen molar-refractivity contribution in [2.45, 2.75) is 63.3 Å². The van der Waals surface area contributed by atoms with Gasteiger partial charge in [-0.15, -0.1) is 0 Å². The molecule has 0 radical (unpaired) electrons. The van der Waals surface area contributed by atoms with Gasteiger partial charge in [0, 0.05) is 5.54 Å². The van der Waals surface area contributed by atoms with E-state index in [1.54, 1.807) is 5.56 Å². The molecule has 1 aromatic carbocycles. The van der Waals surface area contributed by atoms with Crippen LogP contribution in [0.4, 0.5) is 0 Å². The van der Waals surface area contributed by atoms with Crippen molar-refractivity contribution in [3.8, 4) is 0 Å². The molecule has 0 aromatic heterocycles. The lowest BCUT2D eigenvalue weighted by molar-refractivity contribution is 0.529. The van der Waals surface area contributed by atoms with Crippen LogP contribution in [0.3, 0.4) is 0 Å². The zero-order chi connectivity index (χ0) is 12.6. The summed E-state index contributed by atoms with van der Waals surface area (Å²) in [4.78, 5) is 0. The highest BCUT2D eigenvalue weighted by Crippen LogP contribution is 2.47. The SMILES string of the molecule is CCCCC(c1cccc(C2(N)CC2)c1)C1CC1. The Morgan fingerprint density at radius 1 is 1.33 bits per heavy atom. The first-order valence-corrected chi connectivity index (χ1v) is 7.62. The largest absolute Gasteiger partial charge is 0.321 e. The Balaban J connectivity index is 1.80. The number of hydrogen-bond acceptors (Lipinski definition) is 1. The lowest BCUT2D eigenvalue weighted by atomic mass is 9.87. The highest BCUT2D eigenvalue weighted by atomic mass is 14.8. The predicted octanol–water partition coefficient (Wildman–Crippen LogP) is 4.32. The van der Waals surface area contributed by atoms with Crippen LogP contribution in [0.15, 0.2) is 24.3 Å². The van der Waals surface area contributed by atoms with E-state index in [0.29, 0.717) is 0 Å². The molecule has 0 heterocycles. The molecule has 2 saturated carbocycles. The zero-order valence-corrected chi connectivity index (χ0v) is 11.5. The molecule has 1 aromatic rings. The second-order valence-electron chi connectivity index (χ2n) is 6.37. The van der Waals surface area contributed by atoms with E-state index in [0.717, 1.165) is 11.8 Å². The van der Waals surface area contributed by atoms with Crippen molar-refractivity contribution in [2.75, 3.05) is 0 Å². The molecule has 2 N–H and O–H groups in total. The minimum atomic E-state index is 0.0227. The van der Waals surface area contributed by atoms with E-state index >= 15 is 0 Å². The fourth-order valence-corrected chi connectivity index (χ4v) is 3.10. The molecule has 0 saturated heterocycles. The molecule has 0 spiro atoms. The van der Waals surface area contributed by atoms with E-state index in [2.05, 4.69) is 31.2 Å². The molecule has 2 aliphatic carbocycles. The monoisotopic (exact) mass is 243 g/mol. The summed E-state index contributed by atoms with van der Waals surface area (Å²) in [5.41, 5.74) is 9.28. The fraction of sp³-hybridized carbons (Fsp3) is 0.647. The fourth-order valence-electron chi connectivity index (χ4n) is 3.10. The molecule has 1 nitrogen and oxygen atoms in total. The van der Waals surface area contributed by atoms with Crippen LogP contribution in [-0.4, -0.2) is 0 Å². The molecule has 1 atom stereocenters. The van der Waals surface area contributed by atoms with Gasteiger partial charge in [-0.25, -0.2) is 0 Å². The van der Waals surface area contributed by atoms with Crippen molar-refractivity contribution in [2.24, 2.45) is 11.7 Å². The van der Waals surface area contributed by atoms with Crippen molar-refractivity contribution in [1.82, 2.24) is 0 Å². The van der Waals surface area contributed by atoms with E-state index in [1.165, 1.54) is 50.5 Å². The Morgan fingerprint density at radius 3 is 2.72 bits per heavy atom. The van der Waals surface area contributed by atoms with Crippen LogP contribution in [0.1, 0.15) is 68.9 Å². The van der Waals surface area contributed by atoms with E-state index in [9.17, 15) is 0 Å². The maximum atomic E-state index is 6.33. The van der Waals surface area contributed by atoms with Gasteiger partial charge in [-0.1, -0.05) is 44.0 Å². The van der Waals surface area contributed by atoms with Gasteiger partial charge >= 0.3 is 0 Å². The van der Waals surface area contributed by atoms with Gasteiger partial charge in [-0.2, -0.15) is 0 Å². The van der Waals surface area contributed by atoms with Crippen LogP contribution in [0.25, 0.3) is 0 Å². The second-order valence-corrected chi connectivity index (χ2v) is 6.37. The van der Waals surface area contributed by atoms with Crippen molar-refractivity contribution in [3.63, 3.8) is 0 Å². The minimum Gasteiger partial charge on any atom is -0.321 e. The quantitative estimate of drug-likeness (QED) is 0.791. The van der Waals surface area contributed by atoms with Gasteiger partial charge in [0.15, 0.2) is 0 Å². The number of rotatable bonds is 6. The molecule has 1 unspecified atom stereocenters. The molecule has 2 fully saturated rings. The number of hydrogen-bond donors (Lipinski definition) is 1. The normalized spacial score (nSPS) is 22.8. The van der Waals surface area contributed by atoms with Gasteiger partial charge in [0.05, 0.1) is 0 Å². The maximum Gasteiger partial charge on any atom is 0.0411 e. The zero-order valence-electron chi connectivity index (χ0n) is 11.5. The predicted molar refractivity (Wildman–Crippen MR) is 76.5 cm³/mol. The van der Waals surface area contributed by atoms with Gasteiger partial charge in [-0.3, -0.25) is 0 Å². The van der Waals surface area contributed by atoms with Gasteiger partial charge < -0.3 is 5.73 Å². The number of nitrogens with two attached hydrogens (primary N) is 1. The molecule has 1 heteroatoms. The number of unbranched alkanes of at least 4 members (excludes halogenated alkanes) is 1. The van der Waals surface area contributed by atoms with E-state index in [1.807, 2.05) is 0 Å². The standard InChI is InChI=1S/C17H25N/c1-2-3-7-16(13-8-9-13)14-5-4-6-15(12-14)17(18)10-11-17/h4-6,12-13,16H,2-3,7-11,18H2,1H3. The van der Waals surface area contributed by atoms with Crippen LogP contribution >= 0.6 is 0 Å². The molecule has 0 aliphatic heterocycles. The average Bonchev–Trinajstić information content (AvgIpc) is 3.27. The number of benzene rings is 1. The van der Waals surface area contributed by atoms with Crippen LogP contribution < -0.4 is 5.73 Å². The molecule has 2 aliphatic rings. The van der Waals surface area contributed by atoms with Gasteiger partial charge in [0.25, 0.3) is 0 Å². The summed E-state index contributed by atoms with van der Waals surface area (Å²) in [6.45, 7) is 2.29. The third-order valence-corrected chi connectivity index (χ3v) is 4.74. The topological polar surface area (TPSA) is 26.0 Å². The Labute approximate surface area is 111 Å². The van der Waals surface area contributed by atoms with Crippen molar-refractivity contribution < 1.29 is 0 Å². The molecule has 0 amide bonds. The van der Waals surface area contributed by atoms with Crippen LogP contribution in [0, 0.1) is 5.92 Å². The molecule has 18 heavy (non-hydrogen) atoms. The van der Waals surface area contributed by atoms with Gasteiger partial charge in [0.2, 0.25) is 0 Å². The Kier molecular flexibility index (Phi) is 3.19. The van der Waals surface area contributed by atoms with E-state index in [4.69, 9.17) is 5.73 Å². The maximum absolute atomic E-state index is 6.33. The first-order valence-electron chi connectivity index (χ1n) is 7.62. The lowest BCUT2D eigenvalue weighted by Gasteiger charge is -2.19. The first kappa shape index (κ1) is 12.2. The van der Waals surface area contributed by atoms with Crippen molar-refractivity contribution in [3.05, 3.63) is 35.4 Å². The average molecular weight is 243 g/mol. The molecule has 0 bridgehead atoms. The minimum absolute atomic E-state index is 0.0227. The summed E-state index contributed by atoms with van der Waals surface area (Å²) in [7, 11) is 0. The van der Waals surface area contributed by atoms with Crippen LogP contribution in [0.5, 0.6) is 0 Å². The van der Waals surface area contributed by atoms with Crippen molar-refractivity contribution in [1.29, 1.82) is 0 Å². The highest BCUT2D eigenvalue weighted by molar-refractivity contribution is 5.35. The highest BCUT2D eigenvalue weighted by Gasteiger charge is 2.40. The Bertz CT molecular complexity index is 415. The molecular formula is C17H25N. The van der Waals surface area contributed by atoms with Crippen LogP contribution in [-0.2, 0) is 5.54 Å². The van der Waals surface area contributed by atoms with E-state index < -0.39 is 0 Å². The summed E-state index contributed by atoms with van der Waals surface area (Å²) in [6, 6.07) is 9.18. The summed E-state index contributed by atoms with van der Waals surface area (Å²) in [5.74, 6) is 1.76. The van der Waals surface area contributed by atoms with Gasteiger partial charge in [0.1, 0.15) is 0 Å². The third kappa shape index (κ3) is 2.47. The Morgan fingerprint density at radius 2 is 2.11 bits per heavy atom. The summed E-state index contributed by atoms with van der Waals surface area (Å²) >= 11 is 0. The molecular weight excluding hydrogens is 218 g/mol. The van der Waals surface area contributed by atoms with Gasteiger partial charge in [-0.05, 0) is 55.1 Å². The Hall–Kier alpha value is -0.820. The lowest BCUT2D eigenvalue weighted by Crippen LogP contribution is -2.19. The van der Waals surface area contributed by atoms with Crippen molar-refractivity contribution >= 4 is 0 Å². The second kappa shape index (κ2) is 4.70. The molecule has 98 valence electrons. The summed E-state index contributed by atoms with van der Waals surface area (Å²) < 4.78 is 0. The smallest absolute Gasteiger partial charge is 0.0411 e. The summed E-state index contributed by atoms with van der Waals surface area (Å²) in [6.07, 6.45) is 9.24. The molecule has 3 rings (SSSR count). The summed E-state index contributed by atoms with van der Waals surface area (Å²) in [5, 5.41) is 0. The van der Waals surface area contributed by atoms with E-state index in [-0.39, 0.29) is 5.54 Å².